The third-order valence-electron chi connectivity index (χ3n) is 5.66. The first-order valence-corrected chi connectivity index (χ1v) is 10.5. The first-order valence-electron chi connectivity index (χ1n) is 10.5. The second-order valence-corrected chi connectivity index (χ2v) is 8.11. The van der Waals surface area contributed by atoms with E-state index in [1.165, 1.54) is 12.1 Å². The third-order valence-corrected chi connectivity index (χ3v) is 5.66. The van der Waals surface area contributed by atoms with Gasteiger partial charge in [-0.05, 0) is 62.6 Å². The van der Waals surface area contributed by atoms with Gasteiger partial charge in [-0.25, -0.2) is 4.39 Å². The van der Waals surface area contributed by atoms with Crippen LogP contribution >= 0.6 is 0 Å². The number of aryl methyl sites for hydroxylation is 1. The maximum absolute atomic E-state index is 13.2. The fourth-order valence-corrected chi connectivity index (χ4v) is 3.88. The molecule has 3 rings (SSSR count). The summed E-state index contributed by atoms with van der Waals surface area (Å²) < 4.78 is 19.0. The van der Waals surface area contributed by atoms with Crippen LogP contribution in [0, 0.1) is 12.7 Å². The van der Waals surface area contributed by atoms with Crippen molar-refractivity contribution in [2.24, 2.45) is 0 Å². The van der Waals surface area contributed by atoms with E-state index in [-0.39, 0.29) is 30.4 Å². The number of carbonyl (C=O) groups excluding carboxylic acids is 1. The van der Waals surface area contributed by atoms with Gasteiger partial charge < -0.3 is 9.64 Å². The topological polar surface area (TPSA) is 32.8 Å². The third kappa shape index (κ3) is 5.48. The maximum atomic E-state index is 13.2. The lowest BCUT2D eigenvalue weighted by Crippen LogP contribution is -2.58. The molecule has 1 saturated heterocycles. The van der Waals surface area contributed by atoms with Crippen molar-refractivity contribution in [2.45, 2.75) is 46.3 Å². The Bertz CT molecular complexity index is 895. The van der Waals surface area contributed by atoms with Crippen molar-refractivity contribution in [3.8, 4) is 5.75 Å². The summed E-state index contributed by atoms with van der Waals surface area (Å²) >= 11 is 0. The number of halogens is 1. The largest absolute Gasteiger partial charge is 0.483 e. The van der Waals surface area contributed by atoms with Crippen LogP contribution in [0.2, 0.25) is 0 Å². The van der Waals surface area contributed by atoms with E-state index in [1.807, 2.05) is 61.2 Å². The highest BCUT2D eigenvalue weighted by molar-refractivity contribution is 5.78. The van der Waals surface area contributed by atoms with Crippen LogP contribution in [0.5, 0.6) is 5.75 Å². The Morgan fingerprint density at radius 3 is 2.57 bits per heavy atom. The molecule has 1 heterocycles. The number of hydrogen-bond acceptors (Lipinski definition) is 3. The molecule has 2 unspecified atom stereocenters. The van der Waals surface area contributed by atoms with Gasteiger partial charge in [0.25, 0.3) is 5.91 Å². The molecule has 1 aliphatic rings. The number of piperazine rings is 1. The average molecular weight is 411 g/mol. The second kappa shape index (κ2) is 9.90. The number of ether oxygens (including phenoxy) is 1. The molecule has 1 amide bonds. The van der Waals surface area contributed by atoms with Gasteiger partial charge in [-0.15, -0.1) is 0 Å². The number of carbonyl (C=O) groups is 1. The summed E-state index contributed by atoms with van der Waals surface area (Å²) in [5, 5.41) is 0. The summed E-state index contributed by atoms with van der Waals surface area (Å²) in [7, 11) is 0. The molecule has 0 spiro atoms. The molecule has 2 aromatic carbocycles. The number of nitrogens with zero attached hydrogens (tertiary/aromatic N) is 2. The zero-order valence-corrected chi connectivity index (χ0v) is 18.3. The van der Waals surface area contributed by atoms with Crippen molar-refractivity contribution in [2.75, 3.05) is 19.7 Å². The molecule has 1 aliphatic heterocycles. The van der Waals surface area contributed by atoms with Gasteiger partial charge in [-0.2, -0.15) is 0 Å². The zero-order chi connectivity index (χ0) is 21.7. The smallest absolute Gasteiger partial charge is 0.260 e. The predicted octanol–water partition coefficient (Wildman–Crippen LogP) is 4.67. The highest BCUT2D eigenvalue weighted by atomic mass is 19.1. The molecule has 0 radical (unpaired) electrons. The van der Waals surface area contributed by atoms with Gasteiger partial charge in [-0.1, -0.05) is 36.4 Å². The van der Waals surface area contributed by atoms with Crippen LogP contribution in [0.1, 0.15) is 37.5 Å². The highest BCUT2D eigenvalue weighted by Gasteiger charge is 2.32. The molecule has 2 aromatic rings. The molecule has 4 nitrogen and oxygen atoms in total. The van der Waals surface area contributed by atoms with Gasteiger partial charge >= 0.3 is 0 Å². The van der Waals surface area contributed by atoms with Crippen molar-refractivity contribution >= 4 is 12.0 Å². The molecule has 1 fully saturated rings. The van der Waals surface area contributed by atoms with Gasteiger partial charge in [0, 0.05) is 31.7 Å². The number of hydrogen-bond donors (Lipinski definition) is 0. The molecular weight excluding hydrogens is 379 g/mol. The lowest BCUT2D eigenvalue weighted by Gasteiger charge is -2.44. The molecule has 0 bridgehead atoms. The summed E-state index contributed by atoms with van der Waals surface area (Å²) in [6.07, 6.45) is 3.99. The van der Waals surface area contributed by atoms with Crippen molar-refractivity contribution in [3.05, 3.63) is 71.0 Å². The lowest BCUT2D eigenvalue weighted by molar-refractivity contribution is -0.139. The van der Waals surface area contributed by atoms with Gasteiger partial charge in [0.05, 0.1) is 0 Å². The first kappa shape index (κ1) is 22.0. The minimum absolute atomic E-state index is 0.00613. The van der Waals surface area contributed by atoms with E-state index in [4.69, 9.17) is 4.74 Å². The minimum Gasteiger partial charge on any atom is -0.483 e. The average Bonchev–Trinajstić information content (AvgIpc) is 2.72. The van der Waals surface area contributed by atoms with Gasteiger partial charge in [0.2, 0.25) is 0 Å². The maximum Gasteiger partial charge on any atom is 0.260 e. The van der Waals surface area contributed by atoms with Gasteiger partial charge in [-0.3, -0.25) is 9.69 Å². The summed E-state index contributed by atoms with van der Waals surface area (Å²) in [4.78, 5) is 17.1. The molecule has 5 heteroatoms. The van der Waals surface area contributed by atoms with Crippen LogP contribution in [-0.2, 0) is 11.3 Å². The Hall–Kier alpha value is -2.66. The molecule has 160 valence electrons. The SMILES string of the molecule is CC=Cc1ccc(C)c(OCC(=O)N2CC(C)N(Cc3ccc(F)cc3)CC2C)c1. The zero-order valence-electron chi connectivity index (χ0n) is 18.3. The van der Waals surface area contributed by atoms with Gasteiger partial charge in [0.15, 0.2) is 6.61 Å². The van der Waals surface area contributed by atoms with Crippen LogP contribution in [-0.4, -0.2) is 47.5 Å². The molecule has 0 aromatic heterocycles. The van der Waals surface area contributed by atoms with E-state index in [2.05, 4.69) is 18.7 Å². The Labute approximate surface area is 178 Å². The Morgan fingerprint density at radius 2 is 1.87 bits per heavy atom. The Kier molecular flexibility index (Phi) is 7.27. The van der Waals surface area contributed by atoms with Gasteiger partial charge in [0.1, 0.15) is 11.6 Å². The number of amides is 1. The number of allylic oxidation sites excluding steroid dienone is 1. The van der Waals surface area contributed by atoms with Crippen LogP contribution in [0.3, 0.4) is 0 Å². The molecule has 2 atom stereocenters. The quantitative estimate of drug-likeness (QED) is 0.694. The second-order valence-electron chi connectivity index (χ2n) is 8.11. The van der Waals surface area contributed by atoms with E-state index in [0.29, 0.717) is 6.54 Å². The van der Waals surface area contributed by atoms with Crippen LogP contribution in [0.15, 0.2) is 48.5 Å². The van der Waals surface area contributed by atoms with Crippen molar-refractivity contribution in [1.29, 1.82) is 0 Å². The van der Waals surface area contributed by atoms with Crippen LogP contribution in [0.25, 0.3) is 6.08 Å². The van der Waals surface area contributed by atoms with Crippen molar-refractivity contribution < 1.29 is 13.9 Å². The number of benzene rings is 2. The van der Waals surface area contributed by atoms with E-state index in [9.17, 15) is 9.18 Å². The minimum atomic E-state index is -0.220. The van der Waals surface area contributed by atoms with Crippen molar-refractivity contribution in [1.82, 2.24) is 9.80 Å². The molecule has 0 saturated carbocycles. The summed E-state index contributed by atoms with van der Waals surface area (Å²) in [6.45, 7) is 10.4. The highest BCUT2D eigenvalue weighted by Crippen LogP contribution is 2.22. The van der Waals surface area contributed by atoms with E-state index in [0.717, 1.165) is 35.5 Å². The molecule has 30 heavy (non-hydrogen) atoms. The molecule has 0 N–H and O–H groups in total. The Balaban J connectivity index is 1.58. The first-order chi connectivity index (χ1) is 14.4. The monoisotopic (exact) mass is 410 g/mol. The summed E-state index contributed by atoms with van der Waals surface area (Å²) in [6, 6.07) is 13.0. The summed E-state index contributed by atoms with van der Waals surface area (Å²) in [5.41, 5.74) is 3.15. The van der Waals surface area contributed by atoms with Crippen LogP contribution in [0.4, 0.5) is 4.39 Å². The molecular formula is C25H31FN2O2. The summed E-state index contributed by atoms with van der Waals surface area (Å²) in [5.74, 6) is 0.531. The Morgan fingerprint density at radius 1 is 1.13 bits per heavy atom. The van der Waals surface area contributed by atoms with Crippen LogP contribution < -0.4 is 4.74 Å². The lowest BCUT2D eigenvalue weighted by atomic mass is 10.1. The molecule has 0 aliphatic carbocycles. The van der Waals surface area contributed by atoms with E-state index >= 15 is 0 Å². The normalized spacial score (nSPS) is 20.0. The fourth-order valence-electron chi connectivity index (χ4n) is 3.88. The predicted molar refractivity (Wildman–Crippen MR) is 119 cm³/mol. The van der Waals surface area contributed by atoms with Crippen molar-refractivity contribution in [3.63, 3.8) is 0 Å². The fraction of sp³-hybridized carbons (Fsp3) is 0.400. The van der Waals surface area contributed by atoms with E-state index < -0.39 is 0 Å². The number of rotatable bonds is 6. The van der Waals surface area contributed by atoms with E-state index in [1.54, 1.807) is 0 Å². The standard InChI is InChI=1S/C25H31FN2O2/c1-5-6-21-8-7-18(2)24(13-21)30-17-25(29)28-15-19(3)27(14-20(28)4)16-22-9-11-23(26)12-10-22/h5-13,19-20H,14-17H2,1-4H3.